The van der Waals surface area contributed by atoms with Gasteiger partial charge in [0, 0.05) is 30.6 Å². The molecule has 0 spiro atoms. The maximum atomic E-state index is 14.0. The van der Waals surface area contributed by atoms with Crippen LogP contribution in [0.2, 0.25) is 0 Å². The lowest BCUT2D eigenvalue weighted by molar-refractivity contribution is -0.142. The number of carbonyl (C=O) groups excluding carboxylic acids is 5. The van der Waals surface area contributed by atoms with Crippen LogP contribution in [0.3, 0.4) is 0 Å². The minimum atomic E-state index is -2.02. The average Bonchev–Trinajstić information content (AvgIpc) is 3.54. The molecule has 5 N–H and O–H groups in total. The Morgan fingerprint density at radius 1 is 0.881 bits per heavy atom. The largest absolute Gasteiger partial charge is 0.372 e. The second-order valence-corrected chi connectivity index (χ2v) is 11.6. The van der Waals surface area contributed by atoms with Gasteiger partial charge in [-0.25, -0.2) is 0 Å². The minimum absolute atomic E-state index is 0.0292. The van der Waals surface area contributed by atoms with Gasteiger partial charge in [-0.3, -0.25) is 24.0 Å². The molecule has 0 bridgehead atoms. The lowest BCUT2D eigenvalue weighted by atomic mass is 9.84. The van der Waals surface area contributed by atoms with Crippen molar-refractivity contribution >= 4 is 29.4 Å². The first kappa shape index (κ1) is 29.4. The number of ketones is 1. The lowest BCUT2D eigenvalue weighted by Crippen LogP contribution is -2.57. The van der Waals surface area contributed by atoms with Gasteiger partial charge in [0.2, 0.25) is 17.6 Å². The molecule has 10 heteroatoms. The van der Waals surface area contributed by atoms with Gasteiger partial charge in [0.25, 0.3) is 11.8 Å². The van der Waals surface area contributed by atoms with Gasteiger partial charge in [0.15, 0.2) is 5.60 Å². The zero-order valence-electron chi connectivity index (χ0n) is 23.8. The number of hydrogen-bond donors (Lipinski definition) is 5. The van der Waals surface area contributed by atoms with Crippen LogP contribution in [0.1, 0.15) is 62.5 Å². The highest BCUT2D eigenvalue weighted by Crippen LogP contribution is 2.47. The number of likely N-dealkylation sites (N-methyl/N-ethyl adjacent to an activating group) is 1. The summed E-state index contributed by atoms with van der Waals surface area (Å²) in [6.07, 6.45) is 5.73. The van der Waals surface area contributed by atoms with Crippen molar-refractivity contribution in [3.8, 4) is 11.1 Å². The quantitative estimate of drug-likeness (QED) is 0.272. The first-order valence-electron chi connectivity index (χ1n) is 14.8. The Morgan fingerprint density at radius 3 is 2.07 bits per heavy atom. The molecule has 0 unspecified atom stereocenters. The molecule has 2 aliphatic carbocycles. The molecule has 5 rings (SSSR count). The molecule has 2 aromatic carbocycles. The highest BCUT2D eigenvalue weighted by Gasteiger charge is 2.49. The summed E-state index contributed by atoms with van der Waals surface area (Å²) >= 11 is 0. The van der Waals surface area contributed by atoms with Crippen LogP contribution in [0, 0.1) is 11.8 Å². The number of nitrogens with one attached hydrogen (secondary N) is 4. The van der Waals surface area contributed by atoms with Crippen LogP contribution >= 0.6 is 0 Å². The summed E-state index contributed by atoms with van der Waals surface area (Å²) in [6.45, 7) is 0.459. The number of Topliss-reactive ketones (excluding diaryl/α,β-unsaturated/α-hetero) is 1. The molecular formula is C32H38N4O6. The van der Waals surface area contributed by atoms with Crippen LogP contribution in [0.15, 0.2) is 48.5 Å². The number of hydrogen-bond acceptors (Lipinski definition) is 6. The summed E-state index contributed by atoms with van der Waals surface area (Å²) in [5.74, 6) is -3.68. The number of carbonyl (C=O) groups is 5. The Bertz CT molecular complexity index is 1340. The third-order valence-corrected chi connectivity index (χ3v) is 8.93. The third-order valence-electron chi connectivity index (χ3n) is 8.93. The highest BCUT2D eigenvalue weighted by molar-refractivity contribution is 6.38. The molecule has 3 aliphatic rings. The van der Waals surface area contributed by atoms with E-state index in [0.29, 0.717) is 30.5 Å². The van der Waals surface area contributed by atoms with Crippen molar-refractivity contribution in [1.29, 1.82) is 0 Å². The minimum Gasteiger partial charge on any atom is -0.372 e. The van der Waals surface area contributed by atoms with Crippen molar-refractivity contribution in [2.24, 2.45) is 11.8 Å². The van der Waals surface area contributed by atoms with Crippen molar-refractivity contribution in [1.82, 2.24) is 21.3 Å². The second kappa shape index (κ2) is 12.4. The van der Waals surface area contributed by atoms with Crippen molar-refractivity contribution in [3.63, 3.8) is 0 Å². The molecule has 4 amide bonds. The Labute approximate surface area is 245 Å². The van der Waals surface area contributed by atoms with E-state index in [2.05, 4.69) is 21.3 Å². The third kappa shape index (κ3) is 5.68. The van der Waals surface area contributed by atoms with Gasteiger partial charge in [-0.05, 0) is 36.3 Å². The molecule has 0 radical (unpaired) electrons. The van der Waals surface area contributed by atoms with E-state index < -0.39 is 47.1 Å². The molecule has 2 fully saturated rings. The summed E-state index contributed by atoms with van der Waals surface area (Å²) < 4.78 is 0. The molecule has 42 heavy (non-hydrogen) atoms. The van der Waals surface area contributed by atoms with Gasteiger partial charge in [-0.15, -0.1) is 0 Å². The number of amides is 4. The van der Waals surface area contributed by atoms with Gasteiger partial charge in [0.1, 0.15) is 6.04 Å². The number of fused-ring (bicyclic) bond motifs is 3. The van der Waals surface area contributed by atoms with Crippen LogP contribution in [0.25, 0.3) is 11.1 Å². The van der Waals surface area contributed by atoms with E-state index in [1.54, 1.807) is 24.3 Å². The first-order chi connectivity index (χ1) is 20.2. The van der Waals surface area contributed by atoms with E-state index in [9.17, 15) is 29.1 Å². The SMILES string of the molecule is CNC(=O)C(=O)[C@@H](C[C@H]1CCNC1=O)NC(=O)[C@@H](CC1CCCCC1)NC(=O)C1(O)c2ccccc2-c2ccccc21. The van der Waals surface area contributed by atoms with E-state index in [1.807, 2.05) is 24.3 Å². The predicted octanol–water partition coefficient (Wildman–Crippen LogP) is 1.68. The van der Waals surface area contributed by atoms with Crippen LogP contribution in [-0.4, -0.2) is 60.2 Å². The molecular weight excluding hydrogens is 536 g/mol. The molecule has 1 heterocycles. The number of aliphatic hydroxyl groups is 1. The standard InChI is InChI=1S/C32H38N4O6/c1-33-30(40)27(37)25(18-20-15-16-34-28(20)38)35-29(39)26(17-19-9-3-2-4-10-19)36-31(41)32(42)23-13-7-5-11-21(23)22-12-6-8-14-24(22)32/h5-8,11-14,19-20,25-26,42H,2-4,9-10,15-18H2,1H3,(H,33,40)(H,34,38)(H,35,39)(H,36,41)/t20-,25-,26-/m1/s1. The fourth-order valence-corrected chi connectivity index (χ4v) is 6.65. The van der Waals surface area contributed by atoms with Crippen LogP contribution in [-0.2, 0) is 29.6 Å². The van der Waals surface area contributed by atoms with Gasteiger partial charge in [-0.2, -0.15) is 0 Å². The fourth-order valence-electron chi connectivity index (χ4n) is 6.65. The van der Waals surface area contributed by atoms with Gasteiger partial charge in [-0.1, -0.05) is 80.6 Å². The normalized spacial score (nSPS) is 20.4. The molecule has 1 saturated heterocycles. The van der Waals surface area contributed by atoms with Crippen molar-refractivity contribution < 1.29 is 29.1 Å². The second-order valence-electron chi connectivity index (χ2n) is 11.6. The maximum absolute atomic E-state index is 14.0. The van der Waals surface area contributed by atoms with E-state index in [4.69, 9.17) is 0 Å². The number of rotatable bonds is 10. The molecule has 3 atom stereocenters. The fraction of sp³-hybridized carbons (Fsp3) is 0.469. The van der Waals surface area contributed by atoms with Gasteiger partial charge < -0.3 is 26.4 Å². The first-order valence-corrected chi connectivity index (χ1v) is 14.8. The highest BCUT2D eigenvalue weighted by atomic mass is 16.3. The van der Waals surface area contributed by atoms with Crippen LogP contribution in [0.4, 0.5) is 0 Å². The summed E-state index contributed by atoms with van der Waals surface area (Å²) in [5, 5.41) is 22.5. The zero-order chi connectivity index (χ0) is 29.9. The molecule has 1 aliphatic heterocycles. The summed E-state index contributed by atoms with van der Waals surface area (Å²) in [4.78, 5) is 65.4. The van der Waals surface area contributed by atoms with Crippen LogP contribution < -0.4 is 21.3 Å². The van der Waals surface area contributed by atoms with Gasteiger partial charge in [0.05, 0.1) is 6.04 Å². The Balaban J connectivity index is 1.42. The summed E-state index contributed by atoms with van der Waals surface area (Å²) in [7, 11) is 1.32. The monoisotopic (exact) mass is 574 g/mol. The predicted molar refractivity (Wildman–Crippen MR) is 155 cm³/mol. The van der Waals surface area contributed by atoms with E-state index >= 15 is 0 Å². The topological polar surface area (TPSA) is 154 Å². The van der Waals surface area contributed by atoms with Crippen LogP contribution in [0.5, 0.6) is 0 Å². The maximum Gasteiger partial charge on any atom is 0.289 e. The van der Waals surface area contributed by atoms with Crippen molar-refractivity contribution in [3.05, 3.63) is 59.7 Å². The Kier molecular flexibility index (Phi) is 8.72. The summed E-state index contributed by atoms with van der Waals surface area (Å²) in [5.41, 5.74) is 0.327. The molecule has 222 valence electrons. The molecule has 0 aromatic heterocycles. The smallest absolute Gasteiger partial charge is 0.289 e. The molecule has 2 aromatic rings. The van der Waals surface area contributed by atoms with Crippen molar-refractivity contribution in [2.75, 3.05) is 13.6 Å². The zero-order valence-corrected chi connectivity index (χ0v) is 23.8. The van der Waals surface area contributed by atoms with E-state index in [-0.39, 0.29) is 18.2 Å². The Morgan fingerprint density at radius 2 is 1.50 bits per heavy atom. The van der Waals surface area contributed by atoms with Crippen molar-refractivity contribution in [2.45, 2.75) is 69.1 Å². The Hall–Kier alpha value is -4.05. The lowest BCUT2D eigenvalue weighted by Gasteiger charge is -2.31. The molecule has 10 nitrogen and oxygen atoms in total. The average molecular weight is 575 g/mol. The van der Waals surface area contributed by atoms with E-state index in [0.717, 1.165) is 43.2 Å². The summed E-state index contributed by atoms with van der Waals surface area (Å²) in [6, 6.07) is 12.0. The van der Waals surface area contributed by atoms with Gasteiger partial charge >= 0.3 is 0 Å². The molecule has 1 saturated carbocycles. The number of benzene rings is 2. The van der Waals surface area contributed by atoms with E-state index in [1.165, 1.54) is 7.05 Å².